The summed E-state index contributed by atoms with van der Waals surface area (Å²) < 4.78 is 11.2. The molecule has 2 aromatic rings. The number of rotatable bonds is 10. The number of anilines is 1. The number of hydrogen-bond donors (Lipinski definition) is 3. The van der Waals surface area contributed by atoms with Crippen molar-refractivity contribution in [1.29, 1.82) is 0 Å². The topological polar surface area (TPSA) is 75.2 Å². The van der Waals surface area contributed by atoms with Crippen LogP contribution in [0.15, 0.2) is 65.0 Å². The van der Waals surface area contributed by atoms with E-state index in [-0.39, 0.29) is 17.5 Å². The molecule has 2 atom stereocenters. The van der Waals surface area contributed by atoms with E-state index in [1.54, 1.807) is 24.6 Å². The quantitative estimate of drug-likeness (QED) is 0.311. The van der Waals surface area contributed by atoms with Crippen LogP contribution in [0.25, 0.3) is 0 Å². The van der Waals surface area contributed by atoms with Crippen LogP contribution in [-0.4, -0.2) is 37.3 Å². The lowest BCUT2D eigenvalue weighted by Gasteiger charge is -2.26. The molecule has 1 aromatic heterocycles. The molecule has 0 saturated heterocycles. The number of allylic oxidation sites excluding steroid dienone is 4. The first-order valence-corrected chi connectivity index (χ1v) is 14.0. The van der Waals surface area contributed by atoms with E-state index in [9.17, 15) is 14.0 Å². The Hall–Kier alpha value is -3.03. The van der Waals surface area contributed by atoms with Crippen molar-refractivity contribution < 1.29 is 9.18 Å². The molecular formula is C32H49FN4O2. The minimum Gasteiger partial charge on any atom is -0.320 e. The summed E-state index contributed by atoms with van der Waals surface area (Å²) in [6.07, 6.45) is 12.2. The number of pyridine rings is 1. The monoisotopic (exact) mass is 540 g/mol. The van der Waals surface area contributed by atoms with E-state index in [1.165, 1.54) is 29.5 Å². The Morgan fingerprint density at radius 1 is 1.21 bits per heavy atom. The highest BCUT2D eigenvalue weighted by Crippen LogP contribution is 2.29. The average molecular weight is 541 g/mol. The summed E-state index contributed by atoms with van der Waals surface area (Å²) in [6, 6.07) is 12.1. The molecule has 0 saturated carbocycles. The van der Waals surface area contributed by atoms with Crippen LogP contribution in [0, 0.1) is 6.92 Å². The van der Waals surface area contributed by atoms with Crippen molar-refractivity contribution in [3.63, 3.8) is 0 Å². The zero-order valence-corrected chi connectivity index (χ0v) is 24.9. The Morgan fingerprint density at radius 2 is 1.92 bits per heavy atom. The molecule has 39 heavy (non-hydrogen) atoms. The zero-order chi connectivity index (χ0) is 29.2. The zero-order valence-electron chi connectivity index (χ0n) is 24.9. The van der Waals surface area contributed by atoms with Gasteiger partial charge in [0.15, 0.2) is 0 Å². The highest BCUT2D eigenvalue weighted by molar-refractivity contribution is 5.94. The van der Waals surface area contributed by atoms with Gasteiger partial charge in [-0.2, -0.15) is 0 Å². The fourth-order valence-electron chi connectivity index (χ4n) is 4.28. The Labute approximate surface area is 234 Å². The number of aryl methyl sites for hydroxylation is 2. The third-order valence-corrected chi connectivity index (χ3v) is 6.97. The molecule has 0 fully saturated rings. The number of likely N-dealkylation sites (N-methyl/N-ethyl adjacent to an activating group) is 1. The van der Waals surface area contributed by atoms with E-state index in [1.807, 2.05) is 13.0 Å². The van der Waals surface area contributed by atoms with Crippen molar-refractivity contribution in [2.75, 3.05) is 26.1 Å². The first kappa shape index (κ1) is 34.0. The Bertz CT molecular complexity index is 1120. The first-order valence-electron chi connectivity index (χ1n) is 14.0. The van der Waals surface area contributed by atoms with Gasteiger partial charge in [-0.3, -0.25) is 14.0 Å². The van der Waals surface area contributed by atoms with Crippen molar-refractivity contribution >= 4 is 11.6 Å². The molecule has 1 aliphatic rings. The van der Waals surface area contributed by atoms with Crippen LogP contribution in [0.1, 0.15) is 76.2 Å². The molecular weight excluding hydrogens is 491 g/mol. The molecule has 216 valence electrons. The van der Waals surface area contributed by atoms with E-state index >= 15 is 0 Å². The number of carbonyl (C=O) groups is 1. The van der Waals surface area contributed by atoms with Gasteiger partial charge in [0, 0.05) is 24.8 Å². The highest BCUT2D eigenvalue weighted by atomic mass is 19.1. The van der Waals surface area contributed by atoms with Crippen molar-refractivity contribution in [3.05, 3.63) is 87.4 Å². The van der Waals surface area contributed by atoms with E-state index in [4.69, 9.17) is 0 Å². The van der Waals surface area contributed by atoms with Gasteiger partial charge in [0.1, 0.15) is 5.69 Å². The van der Waals surface area contributed by atoms with Crippen molar-refractivity contribution in [2.24, 2.45) is 0 Å². The number of halogens is 1. The normalized spacial score (nSPS) is 15.4. The maximum Gasteiger partial charge on any atom is 0.274 e. The van der Waals surface area contributed by atoms with Gasteiger partial charge in [-0.15, -0.1) is 0 Å². The number of fused-ring (bicyclic) bond motifs is 1. The number of amides is 1. The van der Waals surface area contributed by atoms with Gasteiger partial charge >= 0.3 is 0 Å². The van der Waals surface area contributed by atoms with Gasteiger partial charge in [0.2, 0.25) is 5.91 Å². The minimum absolute atomic E-state index is 0.164. The van der Waals surface area contributed by atoms with E-state index in [2.05, 4.69) is 79.2 Å². The van der Waals surface area contributed by atoms with Crippen LogP contribution in [0.3, 0.4) is 0 Å². The second kappa shape index (κ2) is 19.1. The number of alkyl halides is 1. The second-order valence-electron chi connectivity index (χ2n) is 9.65. The molecule has 0 spiro atoms. The van der Waals surface area contributed by atoms with Crippen LogP contribution in [-0.2, 0) is 17.8 Å². The summed E-state index contributed by atoms with van der Waals surface area (Å²) >= 11 is 0. The SMILES string of the molecule is C/C=C\C/C=C(/C)CC.CF.CNC(C)C(=O)Nc1ccc(C)n(CCNC2CCCc3ccccc32)c1=O. The molecule has 3 N–H and O–H groups in total. The summed E-state index contributed by atoms with van der Waals surface area (Å²) in [5.41, 5.74) is 5.31. The van der Waals surface area contributed by atoms with Gasteiger partial charge in [0.05, 0.1) is 13.2 Å². The van der Waals surface area contributed by atoms with Crippen molar-refractivity contribution in [3.8, 4) is 0 Å². The second-order valence-corrected chi connectivity index (χ2v) is 9.65. The Morgan fingerprint density at radius 3 is 2.59 bits per heavy atom. The van der Waals surface area contributed by atoms with E-state index < -0.39 is 0 Å². The molecule has 6 nitrogen and oxygen atoms in total. The smallest absolute Gasteiger partial charge is 0.274 e. The van der Waals surface area contributed by atoms with Gasteiger partial charge in [-0.1, -0.05) is 55.0 Å². The van der Waals surface area contributed by atoms with E-state index in [0.717, 1.165) is 25.0 Å². The molecule has 0 aliphatic heterocycles. The van der Waals surface area contributed by atoms with Gasteiger partial charge in [0.25, 0.3) is 5.56 Å². The Balaban J connectivity index is 0.000000589. The standard InChI is InChI=1S/C22H30N4O2.C9H16.CH3F/c1-15-11-12-20(25-21(27)16(2)23-3)22(28)26(15)14-13-24-19-10-6-8-17-7-4-5-9-18(17)19;1-4-6-7-8-9(3)5-2;1-2/h4-5,7,9,11-12,16,19,23-24H,6,8,10,13-14H2,1-3H3,(H,25,27);4,6,8H,5,7H2,1-3H3;1H3/b;6-4-,9-8-;. The fourth-order valence-corrected chi connectivity index (χ4v) is 4.28. The lowest BCUT2D eigenvalue weighted by Crippen LogP contribution is -2.38. The summed E-state index contributed by atoms with van der Waals surface area (Å²) in [7, 11) is 2.22. The molecule has 1 aromatic carbocycles. The van der Waals surface area contributed by atoms with Gasteiger partial charge < -0.3 is 20.5 Å². The van der Waals surface area contributed by atoms with Crippen LogP contribution in [0.5, 0.6) is 0 Å². The molecule has 1 aliphatic carbocycles. The maximum absolute atomic E-state index is 12.8. The lowest BCUT2D eigenvalue weighted by molar-refractivity contribution is -0.117. The molecule has 1 heterocycles. The van der Waals surface area contributed by atoms with Crippen LogP contribution >= 0.6 is 0 Å². The number of nitrogens with zero attached hydrogens (tertiary/aromatic N) is 1. The summed E-state index contributed by atoms with van der Waals surface area (Å²) in [6.45, 7) is 11.3. The van der Waals surface area contributed by atoms with Crippen molar-refractivity contribution in [2.45, 2.75) is 85.4 Å². The van der Waals surface area contributed by atoms with Crippen LogP contribution in [0.2, 0.25) is 0 Å². The average Bonchev–Trinajstić information content (AvgIpc) is 2.97. The predicted molar refractivity (Wildman–Crippen MR) is 163 cm³/mol. The Kier molecular flexibility index (Phi) is 16.6. The van der Waals surface area contributed by atoms with Crippen molar-refractivity contribution in [1.82, 2.24) is 15.2 Å². The van der Waals surface area contributed by atoms with Crippen LogP contribution in [0.4, 0.5) is 10.1 Å². The minimum atomic E-state index is -0.359. The molecule has 1 amide bonds. The summed E-state index contributed by atoms with van der Waals surface area (Å²) in [5.74, 6) is -0.216. The number of hydrogen-bond acceptors (Lipinski definition) is 4. The van der Waals surface area contributed by atoms with Crippen LogP contribution < -0.4 is 21.5 Å². The number of carbonyl (C=O) groups excluding carboxylic acids is 1. The third kappa shape index (κ3) is 11.3. The molecule has 0 radical (unpaired) electrons. The molecule has 2 unspecified atom stereocenters. The third-order valence-electron chi connectivity index (χ3n) is 6.97. The number of nitrogens with one attached hydrogen (secondary N) is 3. The van der Waals surface area contributed by atoms with E-state index in [0.29, 0.717) is 32.0 Å². The van der Waals surface area contributed by atoms with Gasteiger partial charge in [-0.05, 0) is 90.1 Å². The first-order chi connectivity index (χ1) is 18.8. The van der Waals surface area contributed by atoms with Gasteiger partial charge in [-0.25, -0.2) is 0 Å². The molecule has 7 heteroatoms. The lowest BCUT2D eigenvalue weighted by atomic mass is 9.88. The largest absolute Gasteiger partial charge is 0.320 e. The predicted octanol–water partition coefficient (Wildman–Crippen LogP) is 6.26. The molecule has 3 rings (SSSR count). The fraction of sp³-hybridized carbons (Fsp3) is 0.500. The number of benzene rings is 1. The number of aromatic nitrogens is 1. The highest BCUT2D eigenvalue weighted by Gasteiger charge is 2.19. The summed E-state index contributed by atoms with van der Waals surface area (Å²) in [4.78, 5) is 24.9. The molecule has 0 bridgehead atoms. The summed E-state index contributed by atoms with van der Waals surface area (Å²) in [5, 5.41) is 9.22. The maximum atomic E-state index is 12.8.